The minimum Gasteiger partial charge on any atom is -0.481 e. The van der Waals surface area contributed by atoms with Crippen LogP contribution in [0.5, 0.6) is 0 Å². The van der Waals surface area contributed by atoms with Crippen LogP contribution in [0.3, 0.4) is 0 Å². The van der Waals surface area contributed by atoms with E-state index < -0.39 is 5.97 Å². The fraction of sp³-hybridized carbons (Fsp3) is 0.607. The fourth-order valence-electron chi connectivity index (χ4n) is 5.47. The number of carboxylic acids is 1. The van der Waals surface area contributed by atoms with Crippen molar-refractivity contribution >= 4 is 29.2 Å². The number of aromatic nitrogens is 1. The highest BCUT2D eigenvalue weighted by atomic mass is 35.5. The van der Waals surface area contributed by atoms with Crippen LogP contribution < -0.4 is 5.32 Å². The molecule has 0 unspecified atom stereocenters. The van der Waals surface area contributed by atoms with Crippen molar-refractivity contribution in [3.63, 3.8) is 0 Å². The summed E-state index contributed by atoms with van der Waals surface area (Å²) in [7, 11) is 0. The summed E-state index contributed by atoms with van der Waals surface area (Å²) in [6.45, 7) is 4.17. The van der Waals surface area contributed by atoms with E-state index in [0.29, 0.717) is 28.1 Å². The predicted octanol–water partition coefficient (Wildman–Crippen LogP) is 5.58. The molecule has 1 amide bonds. The molecule has 1 aromatic carbocycles. The van der Waals surface area contributed by atoms with E-state index in [2.05, 4.69) is 24.3 Å². The highest BCUT2D eigenvalue weighted by Gasteiger charge is 2.42. The Morgan fingerprint density at radius 2 is 1.95 bits per heavy atom. The number of nitrogens with zero attached hydrogens (tertiary/aromatic N) is 1. The van der Waals surface area contributed by atoms with E-state index in [1.807, 2.05) is 0 Å². The van der Waals surface area contributed by atoms with Gasteiger partial charge in [0.2, 0.25) is 5.91 Å². The van der Waals surface area contributed by atoms with E-state index in [1.54, 1.807) is 18.2 Å². The quantitative estimate of drug-likeness (QED) is 0.265. The van der Waals surface area contributed by atoms with Gasteiger partial charge in [0, 0.05) is 36.8 Å². The average Bonchev–Trinajstić information content (AvgIpc) is 3.58. The molecule has 1 aromatic heterocycles. The number of nitrogens with one attached hydrogen (secondary N) is 1. The van der Waals surface area contributed by atoms with Crippen LogP contribution in [-0.4, -0.2) is 39.0 Å². The molecule has 1 heterocycles. The first-order valence-electron chi connectivity index (χ1n) is 13.1. The van der Waals surface area contributed by atoms with Crippen LogP contribution in [-0.2, 0) is 16.2 Å². The molecule has 2 aliphatic carbocycles. The average molecular weight is 533 g/mol. The second-order valence-corrected chi connectivity index (χ2v) is 11.9. The molecule has 2 fully saturated rings. The molecule has 0 saturated heterocycles. The minimum absolute atomic E-state index is 0.0645. The predicted molar refractivity (Wildman–Crippen MR) is 140 cm³/mol. The Hall–Kier alpha value is -2.42. The number of amides is 1. The summed E-state index contributed by atoms with van der Waals surface area (Å²) >= 11 is 6.26. The van der Waals surface area contributed by atoms with Gasteiger partial charge in [-0.3, -0.25) is 9.59 Å². The summed E-state index contributed by atoms with van der Waals surface area (Å²) in [6.07, 6.45) is 5.29. The number of benzene rings is 1. The molecule has 0 radical (unpaired) electrons. The Balaban J connectivity index is 1.50. The highest BCUT2D eigenvalue weighted by molar-refractivity contribution is 6.33. The smallest absolute Gasteiger partial charge is 0.303 e. The lowest BCUT2D eigenvalue weighted by atomic mass is 9.66. The number of rotatable bonds is 13. The summed E-state index contributed by atoms with van der Waals surface area (Å²) in [5, 5.41) is 35.8. The van der Waals surface area contributed by atoms with E-state index >= 15 is 0 Å². The topological polar surface area (TPSA) is 133 Å². The minimum atomic E-state index is -0.918. The largest absolute Gasteiger partial charge is 0.481 e. The number of aliphatic hydroxyl groups excluding tert-OH is 2. The molecule has 8 nitrogen and oxygen atoms in total. The fourth-order valence-corrected chi connectivity index (χ4v) is 5.72. The second kappa shape index (κ2) is 11.5. The number of halogens is 1. The third-order valence-corrected chi connectivity index (χ3v) is 7.97. The van der Waals surface area contributed by atoms with Crippen molar-refractivity contribution in [2.24, 2.45) is 11.3 Å². The number of carbonyl (C=O) groups excluding carboxylic acids is 1. The van der Waals surface area contributed by atoms with Crippen molar-refractivity contribution in [2.45, 2.75) is 89.6 Å². The number of aliphatic carboxylic acids is 1. The van der Waals surface area contributed by atoms with Crippen LogP contribution >= 0.6 is 11.6 Å². The Kier molecular flexibility index (Phi) is 8.61. The Bertz CT molecular complexity index is 1120. The van der Waals surface area contributed by atoms with Gasteiger partial charge in [-0.15, -0.1) is 0 Å². The number of carboxylic acid groups (broad SMARTS) is 1. The van der Waals surface area contributed by atoms with Crippen LogP contribution in [0.4, 0.5) is 5.69 Å². The first-order valence-corrected chi connectivity index (χ1v) is 13.5. The lowest BCUT2D eigenvalue weighted by molar-refractivity contribution is -0.137. The van der Waals surface area contributed by atoms with Crippen molar-refractivity contribution in [1.29, 1.82) is 0 Å². The van der Waals surface area contributed by atoms with Gasteiger partial charge in [-0.1, -0.05) is 36.7 Å². The molecular weight excluding hydrogens is 496 g/mol. The van der Waals surface area contributed by atoms with Crippen molar-refractivity contribution < 1.29 is 29.4 Å². The maximum absolute atomic E-state index is 13.0. The van der Waals surface area contributed by atoms with Crippen molar-refractivity contribution in [2.75, 3.05) is 11.9 Å². The summed E-state index contributed by atoms with van der Waals surface area (Å²) in [6, 6.07) is 4.93. The zero-order valence-electron chi connectivity index (χ0n) is 21.5. The van der Waals surface area contributed by atoms with Crippen LogP contribution in [0.1, 0.15) is 106 Å². The van der Waals surface area contributed by atoms with Crippen LogP contribution in [0.15, 0.2) is 22.7 Å². The molecule has 0 spiro atoms. The van der Waals surface area contributed by atoms with E-state index in [-0.39, 0.29) is 55.6 Å². The Labute approximate surface area is 222 Å². The SMILES string of the molecule is CC(C)(CO)CC1CC(c2onc([C@@H](CCC(=O)O)CC(=O)Nc3ccc(CO)cc3Cl)c2C2CC2)C1. The van der Waals surface area contributed by atoms with E-state index in [4.69, 9.17) is 16.1 Å². The van der Waals surface area contributed by atoms with Gasteiger partial charge in [-0.25, -0.2) is 0 Å². The van der Waals surface area contributed by atoms with Crippen molar-refractivity contribution in [3.05, 3.63) is 45.8 Å². The molecule has 202 valence electrons. The molecule has 4 N–H and O–H groups in total. The van der Waals surface area contributed by atoms with Gasteiger partial charge < -0.3 is 25.2 Å². The van der Waals surface area contributed by atoms with E-state index in [0.717, 1.165) is 49.1 Å². The zero-order valence-corrected chi connectivity index (χ0v) is 22.3. The van der Waals surface area contributed by atoms with E-state index in [9.17, 15) is 24.9 Å². The third kappa shape index (κ3) is 6.92. The second-order valence-electron chi connectivity index (χ2n) is 11.5. The summed E-state index contributed by atoms with van der Waals surface area (Å²) in [5.74, 6) is 0.466. The molecule has 2 saturated carbocycles. The maximum Gasteiger partial charge on any atom is 0.303 e. The van der Waals surface area contributed by atoms with Crippen LogP contribution in [0, 0.1) is 11.3 Å². The maximum atomic E-state index is 13.0. The van der Waals surface area contributed by atoms with Gasteiger partial charge in [0.05, 0.1) is 23.0 Å². The molecule has 0 bridgehead atoms. The lowest BCUT2D eigenvalue weighted by Crippen LogP contribution is -2.29. The third-order valence-electron chi connectivity index (χ3n) is 7.66. The summed E-state index contributed by atoms with van der Waals surface area (Å²) in [4.78, 5) is 24.4. The Morgan fingerprint density at radius 1 is 1.22 bits per heavy atom. The van der Waals surface area contributed by atoms with Crippen LogP contribution in [0.2, 0.25) is 5.02 Å². The highest BCUT2D eigenvalue weighted by Crippen LogP contribution is 2.53. The summed E-state index contributed by atoms with van der Waals surface area (Å²) in [5.41, 5.74) is 2.78. The molecule has 37 heavy (non-hydrogen) atoms. The number of hydrogen-bond donors (Lipinski definition) is 4. The van der Waals surface area contributed by atoms with E-state index in [1.165, 1.54) is 0 Å². The molecule has 1 atom stereocenters. The monoisotopic (exact) mass is 532 g/mol. The molecule has 2 aliphatic rings. The van der Waals surface area contributed by atoms with Gasteiger partial charge in [0.15, 0.2) is 0 Å². The standard InChI is InChI=1S/C28H37ClN2O6/c1-28(2,15-33)13-17-9-20(10-17)27-25(18-4-5-18)26(31-37-27)19(6-8-24(35)36)12-23(34)30-22-7-3-16(14-32)11-21(22)29/h3,7,11,17-20,32-33H,4-6,8-10,12-15H2,1-2H3,(H,30,34)(H,35,36)/t17?,19-,20?/m0/s1. The lowest BCUT2D eigenvalue weighted by Gasteiger charge is -2.38. The molecule has 0 aliphatic heterocycles. The number of anilines is 1. The number of hydrogen-bond acceptors (Lipinski definition) is 6. The zero-order chi connectivity index (χ0) is 26.7. The van der Waals surface area contributed by atoms with Gasteiger partial charge >= 0.3 is 5.97 Å². The van der Waals surface area contributed by atoms with Crippen molar-refractivity contribution in [3.8, 4) is 0 Å². The number of aliphatic hydroxyl groups is 2. The van der Waals surface area contributed by atoms with Crippen molar-refractivity contribution in [1.82, 2.24) is 5.16 Å². The molecule has 2 aromatic rings. The normalized spacial score (nSPS) is 20.4. The van der Waals surface area contributed by atoms with Gasteiger partial charge in [0.25, 0.3) is 0 Å². The van der Waals surface area contributed by atoms with Crippen LogP contribution in [0.25, 0.3) is 0 Å². The van der Waals surface area contributed by atoms with Gasteiger partial charge in [-0.2, -0.15) is 0 Å². The first kappa shape index (κ1) is 27.6. The first-order chi connectivity index (χ1) is 17.6. The number of carbonyl (C=O) groups is 2. The molecular formula is C28H37ClN2O6. The van der Waals surface area contributed by atoms with Gasteiger partial charge in [-0.05, 0) is 73.5 Å². The summed E-state index contributed by atoms with van der Waals surface area (Å²) < 4.78 is 5.91. The van der Waals surface area contributed by atoms with Gasteiger partial charge in [0.1, 0.15) is 5.76 Å². The molecule has 4 rings (SSSR count). The molecule has 9 heteroatoms. The Morgan fingerprint density at radius 3 is 2.54 bits per heavy atom.